The Labute approximate surface area is 297 Å². The molecule has 6 aromatic rings. The number of nitrogens with one attached hydrogen (secondary N) is 1. The van der Waals surface area contributed by atoms with Crippen molar-refractivity contribution in [1.29, 1.82) is 0 Å². The standard InChI is InChI=1S/C43H39N5O3/c49-40(46-51)27-15-16-28-47-39-26-14-13-25-37(39)41(32-17-5-1-6-18-32)45-38(42(47)50)29-36-30-44-31-48(36)43(33-19-7-2-8-20-33,34-21-9-3-10-22-34)35-23-11-4-12-24-35/h1-14,17-26,30-31,38,51H,15-16,27-29H2,(H,46,49)/t38-/m0/s1. The Kier molecular flexibility index (Phi) is 9.94. The average Bonchev–Trinajstić information content (AvgIpc) is 3.62. The highest BCUT2D eigenvalue weighted by atomic mass is 16.5. The quantitative estimate of drug-likeness (QED) is 0.0622. The summed E-state index contributed by atoms with van der Waals surface area (Å²) in [6, 6.07) is 48.3. The number of nitrogens with zero attached hydrogens (tertiary/aromatic N) is 4. The van der Waals surface area contributed by atoms with Crippen LogP contribution in [0, 0.1) is 0 Å². The maximum atomic E-state index is 14.8. The molecule has 0 saturated heterocycles. The molecule has 2 amide bonds. The molecule has 1 atom stereocenters. The third-order valence-corrected chi connectivity index (χ3v) is 9.55. The second-order valence-electron chi connectivity index (χ2n) is 12.6. The highest BCUT2D eigenvalue weighted by molar-refractivity contribution is 6.20. The van der Waals surface area contributed by atoms with Crippen LogP contribution in [-0.4, -0.2) is 44.9 Å². The normalized spacial score (nSPS) is 14.4. The van der Waals surface area contributed by atoms with Crippen LogP contribution in [0.4, 0.5) is 5.69 Å². The minimum Gasteiger partial charge on any atom is -0.316 e. The summed E-state index contributed by atoms with van der Waals surface area (Å²) >= 11 is 0. The number of amides is 2. The SMILES string of the molecule is O=C(CCCCN1C(=O)[C@H](Cc2cncn2C(c2ccccc2)(c2ccccc2)c2ccccc2)N=C(c2ccccc2)c2ccccc21)NO. The Hall–Kier alpha value is -6.12. The van der Waals surface area contributed by atoms with Crippen molar-refractivity contribution in [3.8, 4) is 0 Å². The Balaban J connectivity index is 1.37. The first-order valence-corrected chi connectivity index (χ1v) is 17.3. The summed E-state index contributed by atoms with van der Waals surface area (Å²) in [5.41, 5.74) is 8.25. The van der Waals surface area contributed by atoms with E-state index in [9.17, 15) is 9.59 Å². The van der Waals surface area contributed by atoms with E-state index in [-0.39, 0.29) is 12.3 Å². The van der Waals surface area contributed by atoms with Crippen molar-refractivity contribution in [1.82, 2.24) is 15.0 Å². The Bertz CT molecular complexity index is 2020. The number of carbonyl (C=O) groups excluding carboxylic acids is 2. The van der Waals surface area contributed by atoms with Gasteiger partial charge in [-0.2, -0.15) is 0 Å². The largest absolute Gasteiger partial charge is 0.316 e. The number of hydroxylamine groups is 1. The van der Waals surface area contributed by atoms with Crippen LogP contribution in [0.25, 0.3) is 0 Å². The Morgan fingerprint density at radius 3 is 1.86 bits per heavy atom. The maximum absolute atomic E-state index is 14.8. The second-order valence-corrected chi connectivity index (χ2v) is 12.6. The van der Waals surface area contributed by atoms with Crippen LogP contribution in [0.2, 0.25) is 0 Å². The minimum atomic E-state index is -0.800. The molecule has 1 aliphatic rings. The first kappa shape index (κ1) is 33.4. The van der Waals surface area contributed by atoms with Crippen LogP contribution in [0.15, 0.2) is 163 Å². The summed E-state index contributed by atoms with van der Waals surface area (Å²) in [6.07, 6.45) is 5.25. The van der Waals surface area contributed by atoms with Gasteiger partial charge in [-0.3, -0.25) is 19.8 Å². The number of aromatic nitrogens is 2. The van der Waals surface area contributed by atoms with Crippen LogP contribution in [-0.2, 0) is 21.5 Å². The fourth-order valence-electron chi connectivity index (χ4n) is 7.22. The summed E-state index contributed by atoms with van der Waals surface area (Å²) in [5, 5.41) is 9.00. The van der Waals surface area contributed by atoms with Crippen molar-refractivity contribution in [2.75, 3.05) is 11.4 Å². The number of rotatable bonds is 12. The van der Waals surface area contributed by atoms with E-state index in [0.717, 1.165) is 44.9 Å². The molecule has 0 fully saturated rings. The zero-order chi connectivity index (χ0) is 35.0. The minimum absolute atomic E-state index is 0.127. The summed E-state index contributed by atoms with van der Waals surface area (Å²) < 4.78 is 2.20. The lowest BCUT2D eigenvalue weighted by Crippen LogP contribution is -2.42. The Morgan fingerprint density at radius 1 is 0.725 bits per heavy atom. The van der Waals surface area contributed by atoms with Crippen LogP contribution >= 0.6 is 0 Å². The topological polar surface area (TPSA) is 99.8 Å². The molecular weight excluding hydrogens is 635 g/mol. The van der Waals surface area contributed by atoms with Crippen molar-refractivity contribution >= 4 is 23.2 Å². The number of anilines is 1. The second kappa shape index (κ2) is 15.2. The number of aliphatic imine (C=N–C) groups is 1. The van der Waals surface area contributed by atoms with E-state index in [0.29, 0.717) is 25.8 Å². The monoisotopic (exact) mass is 673 g/mol. The van der Waals surface area contributed by atoms with Crippen LogP contribution < -0.4 is 10.4 Å². The predicted octanol–water partition coefficient (Wildman–Crippen LogP) is 7.19. The summed E-state index contributed by atoms with van der Waals surface area (Å²) in [6.45, 7) is 0.393. The molecule has 1 aromatic heterocycles. The van der Waals surface area contributed by atoms with Gasteiger partial charge in [-0.15, -0.1) is 0 Å². The number of hydrogen-bond donors (Lipinski definition) is 2. The van der Waals surface area contributed by atoms with Crippen LogP contribution in [0.1, 0.15) is 52.8 Å². The van der Waals surface area contributed by atoms with Crippen molar-refractivity contribution in [2.24, 2.45) is 4.99 Å². The molecule has 0 saturated carbocycles. The average molecular weight is 674 g/mol. The van der Waals surface area contributed by atoms with E-state index in [1.807, 2.05) is 90.2 Å². The fraction of sp³-hybridized carbons (Fsp3) is 0.163. The van der Waals surface area contributed by atoms with Gasteiger partial charge in [0.1, 0.15) is 11.6 Å². The van der Waals surface area contributed by atoms with Gasteiger partial charge in [0.05, 0.1) is 17.7 Å². The molecule has 2 heterocycles. The molecule has 5 aromatic carbocycles. The van der Waals surface area contributed by atoms with Crippen molar-refractivity contribution < 1.29 is 14.8 Å². The third-order valence-electron chi connectivity index (χ3n) is 9.55. The van der Waals surface area contributed by atoms with Gasteiger partial charge in [0.15, 0.2) is 0 Å². The van der Waals surface area contributed by atoms with Crippen LogP contribution in [0.5, 0.6) is 0 Å². The first-order chi connectivity index (χ1) is 25.1. The molecule has 7 rings (SSSR count). The third kappa shape index (κ3) is 6.61. The van der Waals surface area contributed by atoms with E-state index in [2.05, 4.69) is 77.4 Å². The van der Waals surface area contributed by atoms with E-state index in [1.54, 1.807) is 5.48 Å². The zero-order valence-corrected chi connectivity index (χ0v) is 28.2. The molecule has 0 unspecified atom stereocenters. The molecule has 254 valence electrons. The first-order valence-electron chi connectivity index (χ1n) is 17.3. The lowest BCUT2D eigenvalue weighted by molar-refractivity contribution is -0.129. The van der Waals surface area contributed by atoms with Gasteiger partial charge in [0.2, 0.25) is 5.91 Å². The van der Waals surface area contributed by atoms with Gasteiger partial charge < -0.3 is 9.47 Å². The molecule has 0 spiro atoms. The number of hydrogen-bond acceptors (Lipinski definition) is 5. The maximum Gasteiger partial charge on any atom is 0.252 e. The van der Waals surface area contributed by atoms with Crippen LogP contribution in [0.3, 0.4) is 0 Å². The molecule has 0 aliphatic carbocycles. The number of fused-ring (bicyclic) bond motifs is 1. The van der Waals surface area contributed by atoms with Crippen molar-refractivity contribution in [3.05, 3.63) is 192 Å². The van der Waals surface area contributed by atoms with Gasteiger partial charge in [-0.05, 0) is 35.6 Å². The fourth-order valence-corrected chi connectivity index (χ4v) is 7.22. The van der Waals surface area contributed by atoms with Gasteiger partial charge >= 0.3 is 0 Å². The molecule has 8 nitrogen and oxygen atoms in total. The summed E-state index contributed by atoms with van der Waals surface area (Å²) in [5.74, 6) is -0.574. The molecule has 8 heteroatoms. The number of imidazole rings is 1. The number of unbranched alkanes of at least 4 members (excludes halogenated alkanes) is 1. The number of para-hydroxylation sites is 1. The molecule has 0 bridgehead atoms. The Morgan fingerprint density at radius 2 is 1.27 bits per heavy atom. The molecule has 51 heavy (non-hydrogen) atoms. The van der Waals surface area contributed by atoms with Crippen molar-refractivity contribution in [2.45, 2.75) is 37.3 Å². The zero-order valence-electron chi connectivity index (χ0n) is 28.2. The van der Waals surface area contributed by atoms with Crippen molar-refractivity contribution in [3.63, 3.8) is 0 Å². The van der Waals surface area contributed by atoms with E-state index < -0.39 is 17.5 Å². The highest BCUT2D eigenvalue weighted by Gasteiger charge is 2.41. The summed E-state index contributed by atoms with van der Waals surface area (Å²) in [4.78, 5) is 38.4. The molecule has 2 N–H and O–H groups in total. The van der Waals surface area contributed by atoms with E-state index in [1.165, 1.54) is 0 Å². The predicted molar refractivity (Wildman–Crippen MR) is 199 cm³/mol. The lowest BCUT2D eigenvalue weighted by Gasteiger charge is -2.39. The van der Waals surface area contributed by atoms with Gasteiger partial charge in [0, 0.05) is 42.4 Å². The smallest absolute Gasteiger partial charge is 0.252 e. The molecule has 1 aliphatic heterocycles. The van der Waals surface area contributed by atoms with E-state index >= 15 is 0 Å². The van der Waals surface area contributed by atoms with Gasteiger partial charge in [-0.1, -0.05) is 140 Å². The van der Waals surface area contributed by atoms with Gasteiger partial charge in [0.25, 0.3) is 5.91 Å². The number of benzene rings is 5. The number of carbonyl (C=O) groups is 2. The number of benzodiazepines with no additional fused rings is 1. The molecule has 0 radical (unpaired) electrons. The molecular formula is C43H39N5O3. The van der Waals surface area contributed by atoms with Gasteiger partial charge in [-0.25, -0.2) is 10.5 Å². The highest BCUT2D eigenvalue weighted by Crippen LogP contribution is 2.42. The van der Waals surface area contributed by atoms with E-state index in [4.69, 9.17) is 15.2 Å². The lowest BCUT2D eigenvalue weighted by atomic mass is 9.76. The summed E-state index contributed by atoms with van der Waals surface area (Å²) in [7, 11) is 0.